The van der Waals surface area contributed by atoms with Crippen molar-refractivity contribution >= 4 is 29.3 Å². The van der Waals surface area contributed by atoms with Gasteiger partial charge >= 0.3 is 5.97 Å². The molecule has 1 saturated carbocycles. The molecule has 1 aliphatic carbocycles. The van der Waals surface area contributed by atoms with Gasteiger partial charge in [0.25, 0.3) is 0 Å². The van der Waals surface area contributed by atoms with Crippen molar-refractivity contribution in [1.82, 2.24) is 4.90 Å². The van der Waals surface area contributed by atoms with E-state index in [-0.39, 0.29) is 23.5 Å². The Bertz CT molecular complexity index is 634. The molecule has 2 unspecified atom stereocenters. The first-order valence-corrected chi connectivity index (χ1v) is 8.16. The van der Waals surface area contributed by atoms with E-state index in [2.05, 4.69) is 0 Å². The third-order valence-electron chi connectivity index (χ3n) is 4.73. The zero-order valence-corrected chi connectivity index (χ0v) is 13.3. The van der Waals surface area contributed by atoms with E-state index >= 15 is 0 Å². The first-order valence-electron chi connectivity index (χ1n) is 7.78. The number of piperidine rings is 1. The lowest BCUT2D eigenvalue weighted by Crippen LogP contribution is -2.41. The van der Waals surface area contributed by atoms with E-state index in [9.17, 15) is 14.4 Å². The molecule has 2 fully saturated rings. The summed E-state index contributed by atoms with van der Waals surface area (Å²) in [6.07, 6.45) is 1.69. The van der Waals surface area contributed by atoms with Gasteiger partial charge < -0.3 is 10.0 Å². The van der Waals surface area contributed by atoms with Crippen LogP contribution in [0.4, 0.5) is 0 Å². The lowest BCUT2D eigenvalue weighted by atomic mass is 9.88. The Kier molecular flexibility index (Phi) is 4.39. The number of benzene rings is 1. The van der Waals surface area contributed by atoms with Gasteiger partial charge in [0.15, 0.2) is 5.78 Å². The molecule has 1 N–H and O–H groups in total. The van der Waals surface area contributed by atoms with Gasteiger partial charge in [0.2, 0.25) is 5.91 Å². The van der Waals surface area contributed by atoms with Crippen LogP contribution in [0.2, 0.25) is 5.02 Å². The molecule has 122 valence electrons. The van der Waals surface area contributed by atoms with Gasteiger partial charge in [-0.15, -0.1) is 0 Å². The monoisotopic (exact) mass is 335 g/mol. The topological polar surface area (TPSA) is 74.7 Å². The predicted octanol–water partition coefficient (Wildman–Crippen LogP) is 2.48. The maximum atomic E-state index is 12.5. The van der Waals surface area contributed by atoms with Crippen LogP contribution in [0, 0.1) is 17.8 Å². The van der Waals surface area contributed by atoms with Crippen molar-refractivity contribution in [2.24, 2.45) is 17.8 Å². The number of rotatable bonds is 4. The molecule has 5 nitrogen and oxygen atoms in total. The highest BCUT2D eigenvalue weighted by molar-refractivity contribution is 6.30. The molecule has 1 aromatic rings. The second-order valence-electron chi connectivity index (χ2n) is 6.26. The second-order valence-corrected chi connectivity index (χ2v) is 6.69. The number of hydrogen-bond acceptors (Lipinski definition) is 3. The van der Waals surface area contributed by atoms with Crippen LogP contribution in [0.15, 0.2) is 24.3 Å². The van der Waals surface area contributed by atoms with Crippen LogP contribution in [-0.4, -0.2) is 40.8 Å². The fourth-order valence-corrected chi connectivity index (χ4v) is 3.31. The fourth-order valence-electron chi connectivity index (χ4n) is 3.19. The summed E-state index contributed by atoms with van der Waals surface area (Å²) in [4.78, 5) is 37.2. The zero-order valence-electron chi connectivity index (χ0n) is 12.6. The molecule has 0 aromatic heterocycles. The smallest absolute Gasteiger partial charge is 0.307 e. The SMILES string of the molecule is O=C(c1ccc(Cl)cc1)C1CCN(C(=O)C2CC2C(=O)O)CC1. The van der Waals surface area contributed by atoms with E-state index < -0.39 is 11.9 Å². The number of ketones is 1. The molecule has 1 aliphatic heterocycles. The van der Waals surface area contributed by atoms with Crippen molar-refractivity contribution in [2.45, 2.75) is 19.3 Å². The Morgan fingerprint density at radius 2 is 1.65 bits per heavy atom. The average Bonchev–Trinajstić information content (AvgIpc) is 3.35. The maximum absolute atomic E-state index is 12.5. The van der Waals surface area contributed by atoms with Crippen molar-refractivity contribution in [1.29, 1.82) is 0 Å². The lowest BCUT2D eigenvalue weighted by Gasteiger charge is -2.31. The largest absolute Gasteiger partial charge is 0.481 e. The molecule has 2 atom stereocenters. The van der Waals surface area contributed by atoms with Crippen LogP contribution in [0.5, 0.6) is 0 Å². The number of nitrogens with zero attached hydrogens (tertiary/aromatic N) is 1. The summed E-state index contributed by atoms with van der Waals surface area (Å²) in [5, 5.41) is 9.50. The summed E-state index contributed by atoms with van der Waals surface area (Å²) in [6, 6.07) is 6.85. The molecule has 1 saturated heterocycles. The quantitative estimate of drug-likeness (QED) is 0.858. The first kappa shape index (κ1) is 16.0. The molecular formula is C17H18ClNO4. The number of hydrogen-bond donors (Lipinski definition) is 1. The minimum Gasteiger partial charge on any atom is -0.481 e. The molecule has 1 heterocycles. The molecule has 2 aliphatic rings. The standard InChI is InChI=1S/C17H18ClNO4/c18-12-3-1-10(2-4-12)15(20)11-5-7-19(8-6-11)16(21)13-9-14(13)17(22)23/h1-4,11,13-14H,5-9H2,(H,22,23). The van der Waals surface area contributed by atoms with E-state index in [4.69, 9.17) is 16.7 Å². The van der Waals surface area contributed by atoms with Crippen molar-refractivity contribution in [3.8, 4) is 0 Å². The van der Waals surface area contributed by atoms with Gasteiger partial charge in [-0.25, -0.2) is 0 Å². The van der Waals surface area contributed by atoms with Gasteiger partial charge in [-0.05, 0) is 43.5 Å². The third kappa shape index (κ3) is 3.39. The Balaban J connectivity index is 1.54. The summed E-state index contributed by atoms with van der Waals surface area (Å²) in [7, 11) is 0. The second kappa shape index (κ2) is 6.32. The Hall–Kier alpha value is -1.88. The van der Waals surface area contributed by atoms with E-state index in [0.717, 1.165) is 0 Å². The summed E-state index contributed by atoms with van der Waals surface area (Å²) in [5.74, 6) is -1.85. The number of aliphatic carboxylic acids is 1. The van der Waals surface area contributed by atoms with Crippen LogP contribution < -0.4 is 0 Å². The summed E-state index contributed by atoms with van der Waals surface area (Å²) < 4.78 is 0. The Labute approximate surface area is 139 Å². The molecule has 0 spiro atoms. The molecule has 1 aromatic carbocycles. The van der Waals surface area contributed by atoms with Crippen LogP contribution in [0.3, 0.4) is 0 Å². The molecule has 0 bridgehead atoms. The predicted molar refractivity (Wildman–Crippen MR) is 84.3 cm³/mol. The maximum Gasteiger partial charge on any atom is 0.307 e. The van der Waals surface area contributed by atoms with Gasteiger partial charge in [-0.1, -0.05) is 11.6 Å². The average molecular weight is 336 g/mol. The van der Waals surface area contributed by atoms with E-state index in [1.165, 1.54) is 0 Å². The summed E-state index contributed by atoms with van der Waals surface area (Å²) in [6.45, 7) is 1.04. The Morgan fingerprint density at radius 1 is 1.04 bits per heavy atom. The van der Waals surface area contributed by atoms with Crippen molar-refractivity contribution < 1.29 is 19.5 Å². The summed E-state index contributed by atoms with van der Waals surface area (Å²) >= 11 is 5.83. The van der Waals surface area contributed by atoms with Gasteiger partial charge in [0.1, 0.15) is 0 Å². The Morgan fingerprint density at radius 3 is 2.17 bits per heavy atom. The van der Waals surface area contributed by atoms with E-state index in [1.54, 1.807) is 29.2 Å². The number of carbonyl (C=O) groups is 3. The third-order valence-corrected chi connectivity index (χ3v) is 4.98. The highest BCUT2D eigenvalue weighted by Gasteiger charge is 2.50. The van der Waals surface area contributed by atoms with Gasteiger partial charge in [0.05, 0.1) is 11.8 Å². The van der Waals surface area contributed by atoms with Crippen LogP contribution in [-0.2, 0) is 9.59 Å². The van der Waals surface area contributed by atoms with Gasteiger partial charge in [0, 0.05) is 29.6 Å². The number of halogens is 1. The molecular weight excluding hydrogens is 318 g/mol. The van der Waals surface area contributed by atoms with Crippen molar-refractivity contribution in [3.05, 3.63) is 34.9 Å². The lowest BCUT2D eigenvalue weighted by molar-refractivity contribution is -0.142. The molecule has 3 rings (SSSR count). The number of likely N-dealkylation sites (tertiary alicyclic amines) is 1. The highest BCUT2D eigenvalue weighted by atomic mass is 35.5. The number of carbonyl (C=O) groups excluding carboxylic acids is 2. The first-order chi connectivity index (χ1) is 11.0. The summed E-state index contributed by atoms with van der Waals surface area (Å²) in [5.41, 5.74) is 0.646. The molecule has 6 heteroatoms. The van der Waals surface area contributed by atoms with Crippen LogP contribution in [0.25, 0.3) is 0 Å². The normalized spacial score (nSPS) is 24.3. The van der Waals surface area contributed by atoms with Gasteiger partial charge in [-0.2, -0.15) is 0 Å². The number of carboxylic acid groups (broad SMARTS) is 1. The molecule has 0 radical (unpaired) electrons. The van der Waals surface area contributed by atoms with Gasteiger partial charge in [-0.3, -0.25) is 14.4 Å². The van der Waals surface area contributed by atoms with Crippen molar-refractivity contribution in [3.63, 3.8) is 0 Å². The zero-order chi connectivity index (χ0) is 16.6. The molecule has 1 amide bonds. The minimum atomic E-state index is -0.892. The van der Waals surface area contributed by atoms with Crippen molar-refractivity contribution in [2.75, 3.05) is 13.1 Å². The minimum absolute atomic E-state index is 0.0743. The highest BCUT2D eigenvalue weighted by Crippen LogP contribution is 2.40. The fraction of sp³-hybridized carbons (Fsp3) is 0.471. The number of amides is 1. The number of carboxylic acids is 1. The van der Waals surface area contributed by atoms with Crippen LogP contribution >= 0.6 is 11.6 Å². The molecule has 23 heavy (non-hydrogen) atoms. The van der Waals surface area contributed by atoms with Crippen LogP contribution in [0.1, 0.15) is 29.6 Å². The number of Topliss-reactive ketones (excluding diaryl/α,β-unsaturated/α-hetero) is 1. The van der Waals surface area contributed by atoms with E-state index in [0.29, 0.717) is 42.9 Å². The van der Waals surface area contributed by atoms with E-state index in [1.807, 2.05) is 0 Å².